The summed E-state index contributed by atoms with van der Waals surface area (Å²) in [5, 5.41) is 0. The van der Waals surface area contributed by atoms with Gasteiger partial charge in [-0.3, -0.25) is 0 Å². The highest BCUT2D eigenvalue weighted by molar-refractivity contribution is 5.87. The lowest BCUT2D eigenvalue weighted by Gasteiger charge is -2.33. The molecule has 0 atom stereocenters. The predicted octanol–water partition coefficient (Wildman–Crippen LogP) is 9.20. The molecule has 0 spiro atoms. The Morgan fingerprint density at radius 2 is 1.52 bits per heavy atom. The van der Waals surface area contributed by atoms with Crippen molar-refractivity contribution in [1.29, 1.82) is 0 Å². The van der Waals surface area contributed by atoms with Gasteiger partial charge < -0.3 is 4.90 Å². The minimum atomic E-state index is 0.0456. The van der Waals surface area contributed by atoms with E-state index >= 15 is 0 Å². The van der Waals surface area contributed by atoms with Gasteiger partial charge in [0.15, 0.2) is 0 Å². The number of aryl methyl sites for hydroxylation is 2. The van der Waals surface area contributed by atoms with E-state index in [9.17, 15) is 0 Å². The van der Waals surface area contributed by atoms with E-state index < -0.39 is 0 Å². The monoisotopic (exact) mass is 437 g/mol. The van der Waals surface area contributed by atoms with Crippen molar-refractivity contribution in [2.45, 2.75) is 91.0 Å². The molecule has 0 bridgehead atoms. The third-order valence-corrected chi connectivity index (χ3v) is 8.24. The van der Waals surface area contributed by atoms with Gasteiger partial charge in [-0.25, -0.2) is 0 Å². The predicted molar refractivity (Wildman–Crippen MR) is 143 cm³/mol. The molecule has 0 radical (unpaired) electrons. The lowest BCUT2D eigenvalue weighted by molar-refractivity contribution is 0.444. The Morgan fingerprint density at radius 3 is 2.21 bits per heavy atom. The van der Waals surface area contributed by atoms with Crippen LogP contribution in [0.25, 0.3) is 11.1 Å². The Hall–Kier alpha value is -2.54. The van der Waals surface area contributed by atoms with Crippen LogP contribution in [0.4, 0.5) is 11.4 Å². The molecule has 172 valence electrons. The highest BCUT2D eigenvalue weighted by atomic mass is 15.2. The minimum Gasteiger partial charge on any atom is -0.338 e. The Balaban J connectivity index is 1.73. The summed E-state index contributed by atoms with van der Waals surface area (Å²) in [4.78, 5) is 2.54. The van der Waals surface area contributed by atoms with Crippen LogP contribution < -0.4 is 4.90 Å². The molecule has 0 amide bonds. The molecule has 0 heterocycles. The average Bonchev–Trinajstić information content (AvgIpc) is 3.02. The SMILES string of the molecule is Cc1ccccc1N(c1cc2c(cc1C)C(C)(C)c1cccc(C3CCCCC3)c1-2)C(C)C. The van der Waals surface area contributed by atoms with Gasteiger partial charge in [-0.1, -0.05) is 75.6 Å². The topological polar surface area (TPSA) is 3.24 Å². The number of para-hydroxylation sites is 1. The van der Waals surface area contributed by atoms with Crippen molar-refractivity contribution in [3.05, 3.63) is 82.4 Å². The van der Waals surface area contributed by atoms with E-state index in [1.165, 1.54) is 71.3 Å². The number of rotatable bonds is 4. The molecule has 0 unspecified atom stereocenters. The van der Waals surface area contributed by atoms with Crippen LogP contribution in [0, 0.1) is 13.8 Å². The van der Waals surface area contributed by atoms with Gasteiger partial charge in [0.1, 0.15) is 0 Å². The van der Waals surface area contributed by atoms with Crippen molar-refractivity contribution in [1.82, 2.24) is 0 Å². The van der Waals surface area contributed by atoms with Gasteiger partial charge in [0.05, 0.1) is 0 Å². The number of anilines is 2. The van der Waals surface area contributed by atoms with Gasteiger partial charge in [0.2, 0.25) is 0 Å². The second-order valence-electron chi connectivity index (χ2n) is 11.2. The first-order valence-electron chi connectivity index (χ1n) is 12.9. The van der Waals surface area contributed by atoms with Crippen molar-refractivity contribution in [2.75, 3.05) is 4.90 Å². The van der Waals surface area contributed by atoms with Gasteiger partial charge >= 0.3 is 0 Å². The van der Waals surface area contributed by atoms with Crippen LogP contribution in [0.15, 0.2) is 54.6 Å². The van der Waals surface area contributed by atoms with E-state index in [1.807, 2.05) is 0 Å². The molecule has 0 aromatic heterocycles. The number of nitrogens with zero attached hydrogens (tertiary/aromatic N) is 1. The zero-order valence-corrected chi connectivity index (χ0v) is 21.3. The molecule has 0 saturated heterocycles. The summed E-state index contributed by atoms with van der Waals surface area (Å²) in [5.74, 6) is 0.706. The maximum absolute atomic E-state index is 2.54. The first-order chi connectivity index (χ1) is 15.8. The highest BCUT2D eigenvalue weighted by Crippen LogP contribution is 2.54. The van der Waals surface area contributed by atoms with Gasteiger partial charge in [0.25, 0.3) is 0 Å². The fourth-order valence-electron chi connectivity index (χ4n) is 6.49. The summed E-state index contributed by atoms with van der Waals surface area (Å²) < 4.78 is 0. The summed E-state index contributed by atoms with van der Waals surface area (Å²) in [6.07, 6.45) is 6.82. The Bertz CT molecular complexity index is 1180. The second kappa shape index (κ2) is 8.35. The third kappa shape index (κ3) is 3.61. The fraction of sp³-hybridized carbons (Fsp3) is 0.438. The summed E-state index contributed by atoms with van der Waals surface area (Å²) in [7, 11) is 0. The average molecular weight is 438 g/mol. The van der Waals surface area contributed by atoms with Gasteiger partial charge in [-0.2, -0.15) is 0 Å². The van der Waals surface area contributed by atoms with Gasteiger partial charge in [-0.15, -0.1) is 0 Å². The molecule has 2 aliphatic carbocycles. The van der Waals surface area contributed by atoms with Crippen molar-refractivity contribution >= 4 is 11.4 Å². The highest BCUT2D eigenvalue weighted by Gasteiger charge is 2.38. The first kappa shape index (κ1) is 22.3. The fourth-order valence-corrected chi connectivity index (χ4v) is 6.49. The lowest BCUT2D eigenvalue weighted by Crippen LogP contribution is -2.27. The molecule has 1 heteroatoms. The summed E-state index contributed by atoms with van der Waals surface area (Å²) in [6, 6.07) is 21.3. The number of hydrogen-bond acceptors (Lipinski definition) is 1. The number of fused-ring (bicyclic) bond motifs is 3. The van der Waals surface area contributed by atoms with Crippen LogP contribution in [0.1, 0.15) is 93.5 Å². The molecule has 33 heavy (non-hydrogen) atoms. The van der Waals surface area contributed by atoms with Gasteiger partial charge in [-0.05, 0) is 97.5 Å². The van der Waals surface area contributed by atoms with Crippen LogP contribution in [-0.2, 0) is 5.41 Å². The van der Waals surface area contributed by atoms with E-state index in [0.717, 1.165) is 0 Å². The van der Waals surface area contributed by atoms with Crippen LogP contribution in [0.5, 0.6) is 0 Å². The molecule has 3 aromatic carbocycles. The van der Waals surface area contributed by atoms with E-state index in [1.54, 1.807) is 11.1 Å². The minimum absolute atomic E-state index is 0.0456. The second-order valence-corrected chi connectivity index (χ2v) is 11.2. The molecule has 3 aromatic rings. The molecular formula is C32H39N. The molecule has 5 rings (SSSR count). The van der Waals surface area contributed by atoms with Crippen LogP contribution in [0.2, 0.25) is 0 Å². The number of benzene rings is 3. The van der Waals surface area contributed by atoms with E-state index in [4.69, 9.17) is 0 Å². The van der Waals surface area contributed by atoms with Crippen molar-refractivity contribution in [3.63, 3.8) is 0 Å². The van der Waals surface area contributed by atoms with Crippen molar-refractivity contribution in [3.8, 4) is 11.1 Å². The molecule has 1 fully saturated rings. The van der Waals surface area contributed by atoms with Crippen LogP contribution in [0.3, 0.4) is 0 Å². The molecular weight excluding hydrogens is 398 g/mol. The zero-order chi connectivity index (χ0) is 23.3. The quantitative estimate of drug-likeness (QED) is 0.393. The smallest absolute Gasteiger partial charge is 0.0449 e. The summed E-state index contributed by atoms with van der Waals surface area (Å²) >= 11 is 0. The Kier molecular flexibility index (Phi) is 5.63. The van der Waals surface area contributed by atoms with E-state index in [2.05, 4.69) is 101 Å². The van der Waals surface area contributed by atoms with Gasteiger partial charge in [0, 0.05) is 22.8 Å². The normalized spacial score (nSPS) is 17.2. The molecule has 1 nitrogen and oxygen atoms in total. The summed E-state index contributed by atoms with van der Waals surface area (Å²) in [6.45, 7) is 14.0. The lowest BCUT2D eigenvalue weighted by atomic mass is 9.78. The zero-order valence-electron chi connectivity index (χ0n) is 21.3. The third-order valence-electron chi connectivity index (χ3n) is 8.24. The standard InChI is InChI=1S/C32H39N/c1-21(2)33(29-18-11-10-13-22(29)3)30-20-26-28(19-23(30)4)32(5,6)27-17-12-16-25(31(26)27)24-14-8-7-9-15-24/h10-13,16-21,24H,7-9,14-15H2,1-6H3. The van der Waals surface area contributed by atoms with E-state index in [-0.39, 0.29) is 5.41 Å². The molecule has 2 aliphatic rings. The van der Waals surface area contributed by atoms with E-state index in [0.29, 0.717) is 12.0 Å². The largest absolute Gasteiger partial charge is 0.338 e. The number of hydrogen-bond donors (Lipinski definition) is 0. The molecule has 0 aliphatic heterocycles. The van der Waals surface area contributed by atoms with Crippen LogP contribution >= 0.6 is 0 Å². The maximum atomic E-state index is 2.54. The molecule has 1 saturated carbocycles. The van der Waals surface area contributed by atoms with Crippen molar-refractivity contribution < 1.29 is 0 Å². The Labute approximate surface area is 200 Å². The van der Waals surface area contributed by atoms with Crippen LogP contribution in [-0.4, -0.2) is 6.04 Å². The first-order valence-corrected chi connectivity index (χ1v) is 12.9. The molecule has 0 N–H and O–H groups in total. The maximum Gasteiger partial charge on any atom is 0.0449 e. The van der Waals surface area contributed by atoms with Crippen molar-refractivity contribution in [2.24, 2.45) is 0 Å². The summed E-state index contributed by atoms with van der Waals surface area (Å²) in [5.41, 5.74) is 13.0. The Morgan fingerprint density at radius 1 is 0.788 bits per heavy atom.